The zero-order chi connectivity index (χ0) is 27.4. The highest BCUT2D eigenvalue weighted by Gasteiger charge is 2.48. The Balaban J connectivity index is 1.29. The van der Waals surface area contributed by atoms with Crippen LogP contribution in [0.2, 0.25) is 0 Å². The average Bonchev–Trinajstić information content (AvgIpc) is 3.44. The molecular formula is C31H40N6O2. The standard InChI is InChI=1S/C31H40N6O2/c1-20-8-7-11-37(16-20)17-22-12-25(34-27-26(22)39-18-30(27,3)4)28(38)33-24-10-6-9-23(13-24)31(14-21(2)15-31)29-35-32-19-36(29)5/h6,9-10,12-13,19-21H,7-8,11,14-18H2,1-5H3,(H,33,38)/t20-,21-,31+/m0/s1. The first-order chi connectivity index (χ1) is 18.6. The summed E-state index contributed by atoms with van der Waals surface area (Å²) in [6.07, 6.45) is 6.27. The van der Waals surface area contributed by atoms with Crippen LogP contribution in [0.15, 0.2) is 36.7 Å². The average molecular weight is 529 g/mol. The first-order valence-corrected chi connectivity index (χ1v) is 14.3. The van der Waals surface area contributed by atoms with Crippen molar-refractivity contribution in [2.75, 3.05) is 25.0 Å². The van der Waals surface area contributed by atoms with Gasteiger partial charge in [-0.1, -0.05) is 39.8 Å². The first kappa shape index (κ1) is 26.0. The van der Waals surface area contributed by atoms with Crippen molar-refractivity contribution in [2.45, 2.75) is 70.8 Å². The van der Waals surface area contributed by atoms with Crippen LogP contribution < -0.4 is 10.1 Å². The molecule has 8 heteroatoms. The number of aromatic nitrogens is 4. The van der Waals surface area contributed by atoms with Gasteiger partial charge in [-0.25, -0.2) is 4.98 Å². The number of carbonyl (C=O) groups excluding carboxylic acids is 1. The first-order valence-electron chi connectivity index (χ1n) is 14.3. The molecule has 4 heterocycles. The third-order valence-corrected chi connectivity index (χ3v) is 8.84. The number of likely N-dealkylation sites (tertiary alicyclic amines) is 1. The van der Waals surface area contributed by atoms with Crippen LogP contribution in [0.4, 0.5) is 5.69 Å². The van der Waals surface area contributed by atoms with Gasteiger partial charge in [0.25, 0.3) is 5.91 Å². The van der Waals surface area contributed by atoms with Gasteiger partial charge >= 0.3 is 0 Å². The Hall–Kier alpha value is -3.26. The summed E-state index contributed by atoms with van der Waals surface area (Å²) in [5.74, 6) is 2.94. The van der Waals surface area contributed by atoms with Crippen molar-refractivity contribution in [1.29, 1.82) is 0 Å². The Morgan fingerprint density at radius 3 is 2.72 bits per heavy atom. The fraction of sp³-hybridized carbons (Fsp3) is 0.548. The molecule has 3 aromatic rings. The quantitative estimate of drug-likeness (QED) is 0.480. The Morgan fingerprint density at radius 1 is 1.18 bits per heavy atom. The van der Waals surface area contributed by atoms with E-state index < -0.39 is 0 Å². The predicted octanol–water partition coefficient (Wildman–Crippen LogP) is 5.08. The molecule has 1 aliphatic carbocycles. The number of anilines is 1. The number of carbonyl (C=O) groups is 1. The van der Waals surface area contributed by atoms with E-state index in [1.165, 1.54) is 12.8 Å². The van der Waals surface area contributed by atoms with Gasteiger partial charge in [0.1, 0.15) is 23.6 Å². The number of piperidine rings is 1. The van der Waals surface area contributed by atoms with Crippen molar-refractivity contribution in [3.05, 3.63) is 65.0 Å². The van der Waals surface area contributed by atoms with Crippen molar-refractivity contribution >= 4 is 11.6 Å². The summed E-state index contributed by atoms with van der Waals surface area (Å²) in [7, 11) is 2.00. The van der Waals surface area contributed by atoms with E-state index in [0.717, 1.165) is 66.6 Å². The number of nitrogens with zero attached hydrogens (tertiary/aromatic N) is 5. The molecule has 6 rings (SSSR count). The highest BCUT2D eigenvalue weighted by molar-refractivity contribution is 6.03. The van der Waals surface area contributed by atoms with Gasteiger partial charge in [0, 0.05) is 36.8 Å². The largest absolute Gasteiger partial charge is 0.490 e. The summed E-state index contributed by atoms with van der Waals surface area (Å²) in [5, 5.41) is 11.8. The van der Waals surface area contributed by atoms with Gasteiger partial charge in [0.2, 0.25) is 0 Å². The third-order valence-electron chi connectivity index (χ3n) is 8.84. The molecule has 2 fully saturated rings. The normalized spacial score (nSPS) is 26.0. The number of nitrogens with one attached hydrogen (secondary N) is 1. The molecule has 39 heavy (non-hydrogen) atoms. The molecule has 0 radical (unpaired) electrons. The molecule has 3 aliphatic rings. The minimum absolute atomic E-state index is 0.183. The molecular weight excluding hydrogens is 488 g/mol. The molecule has 206 valence electrons. The molecule has 8 nitrogen and oxygen atoms in total. The summed E-state index contributed by atoms with van der Waals surface area (Å²) < 4.78 is 8.17. The number of fused-ring (bicyclic) bond motifs is 1. The third kappa shape index (κ3) is 4.73. The lowest BCUT2D eigenvalue weighted by molar-refractivity contribution is 0.102. The molecule has 0 unspecified atom stereocenters. The number of hydrogen-bond donors (Lipinski definition) is 1. The Labute approximate surface area is 231 Å². The second kappa shape index (κ2) is 9.73. The van der Waals surface area contributed by atoms with E-state index in [9.17, 15) is 4.79 Å². The number of ether oxygens (including phenoxy) is 1. The molecule has 1 atom stereocenters. The smallest absolute Gasteiger partial charge is 0.274 e. The summed E-state index contributed by atoms with van der Waals surface area (Å²) in [5.41, 5.74) is 3.89. The van der Waals surface area contributed by atoms with Crippen molar-refractivity contribution in [3.63, 3.8) is 0 Å². The lowest BCUT2D eigenvalue weighted by atomic mass is 9.58. The van der Waals surface area contributed by atoms with Crippen molar-refractivity contribution < 1.29 is 9.53 Å². The van der Waals surface area contributed by atoms with Gasteiger partial charge in [-0.2, -0.15) is 0 Å². The van der Waals surface area contributed by atoms with Crippen LogP contribution in [0.5, 0.6) is 5.75 Å². The van der Waals surface area contributed by atoms with Crippen molar-refractivity contribution in [3.8, 4) is 5.75 Å². The number of pyridine rings is 1. The van der Waals surface area contributed by atoms with Crippen LogP contribution in [0.3, 0.4) is 0 Å². The zero-order valence-electron chi connectivity index (χ0n) is 23.8. The van der Waals surface area contributed by atoms with E-state index >= 15 is 0 Å². The van der Waals surface area contributed by atoms with E-state index in [1.807, 2.05) is 29.8 Å². The molecule has 1 saturated carbocycles. The minimum atomic E-state index is -0.237. The number of aryl methyl sites for hydroxylation is 1. The fourth-order valence-corrected chi connectivity index (χ4v) is 6.92. The van der Waals surface area contributed by atoms with E-state index in [0.29, 0.717) is 24.1 Å². The number of benzene rings is 1. The molecule has 2 aliphatic heterocycles. The zero-order valence-corrected chi connectivity index (χ0v) is 23.8. The molecule has 0 spiro atoms. The second-order valence-electron chi connectivity index (χ2n) is 12.9. The fourth-order valence-electron chi connectivity index (χ4n) is 6.92. The predicted molar refractivity (Wildman–Crippen MR) is 151 cm³/mol. The van der Waals surface area contributed by atoms with Crippen LogP contribution in [0.25, 0.3) is 0 Å². The van der Waals surface area contributed by atoms with Crippen LogP contribution in [0, 0.1) is 11.8 Å². The maximum absolute atomic E-state index is 13.6. The number of rotatable bonds is 6. The molecule has 0 bridgehead atoms. The molecule has 2 aromatic heterocycles. The summed E-state index contributed by atoms with van der Waals surface area (Å²) in [4.78, 5) is 21.0. The summed E-state index contributed by atoms with van der Waals surface area (Å²) >= 11 is 0. The highest BCUT2D eigenvalue weighted by atomic mass is 16.5. The lowest BCUT2D eigenvalue weighted by Crippen LogP contribution is -2.43. The molecule has 1 saturated heterocycles. The van der Waals surface area contributed by atoms with Crippen LogP contribution in [-0.2, 0) is 24.4 Å². The number of hydrogen-bond acceptors (Lipinski definition) is 6. The van der Waals surface area contributed by atoms with Crippen LogP contribution >= 0.6 is 0 Å². The van der Waals surface area contributed by atoms with Crippen molar-refractivity contribution in [1.82, 2.24) is 24.6 Å². The molecule has 1 aromatic carbocycles. The monoisotopic (exact) mass is 528 g/mol. The molecule has 1 N–H and O–H groups in total. The topological polar surface area (TPSA) is 85.2 Å². The molecule has 1 amide bonds. The van der Waals surface area contributed by atoms with Crippen LogP contribution in [-0.4, -0.2) is 50.3 Å². The van der Waals surface area contributed by atoms with Gasteiger partial charge in [-0.3, -0.25) is 9.69 Å². The lowest BCUT2D eigenvalue weighted by Gasteiger charge is -2.46. The summed E-state index contributed by atoms with van der Waals surface area (Å²) in [6, 6.07) is 10.1. The number of amides is 1. The van der Waals surface area contributed by atoms with Gasteiger partial charge < -0.3 is 14.6 Å². The Morgan fingerprint density at radius 2 is 2.00 bits per heavy atom. The maximum Gasteiger partial charge on any atom is 0.274 e. The Kier molecular flexibility index (Phi) is 6.49. The van der Waals surface area contributed by atoms with Crippen molar-refractivity contribution in [2.24, 2.45) is 18.9 Å². The maximum atomic E-state index is 13.6. The minimum Gasteiger partial charge on any atom is -0.490 e. The van der Waals surface area contributed by atoms with E-state index in [2.05, 4.69) is 60.2 Å². The Bertz CT molecular complexity index is 1390. The highest BCUT2D eigenvalue weighted by Crippen LogP contribution is 2.51. The van der Waals surface area contributed by atoms with Crippen LogP contribution in [0.1, 0.15) is 86.5 Å². The van der Waals surface area contributed by atoms with Gasteiger partial charge in [0.05, 0.1) is 17.7 Å². The van der Waals surface area contributed by atoms with E-state index in [-0.39, 0.29) is 16.7 Å². The SMILES string of the molecule is C[C@H]1CCCN(Cc2cc(C(=O)Nc3cccc([C@]4(c5nncn5C)C[C@@H](C)C4)c3)nc3c2OCC3(C)C)C1. The van der Waals surface area contributed by atoms with E-state index in [1.54, 1.807) is 6.33 Å². The second-order valence-corrected chi connectivity index (χ2v) is 12.9. The van der Waals surface area contributed by atoms with Gasteiger partial charge in [-0.15, -0.1) is 10.2 Å². The van der Waals surface area contributed by atoms with Gasteiger partial charge in [-0.05, 0) is 67.8 Å². The van der Waals surface area contributed by atoms with Gasteiger partial charge in [0.15, 0.2) is 0 Å². The van der Waals surface area contributed by atoms with E-state index in [4.69, 9.17) is 9.72 Å². The summed E-state index contributed by atoms with van der Waals surface area (Å²) in [6.45, 7) is 12.4.